The summed E-state index contributed by atoms with van der Waals surface area (Å²) in [5, 5.41) is 10.7. The highest BCUT2D eigenvalue weighted by Gasteiger charge is 2.16. The smallest absolute Gasteiger partial charge is 0.339 e. The second kappa shape index (κ2) is 4.94. The van der Waals surface area contributed by atoms with Crippen molar-refractivity contribution in [2.75, 3.05) is 0 Å². The largest absolute Gasteiger partial charge is 0.478 e. The van der Waals surface area contributed by atoms with Crippen molar-refractivity contribution in [3.8, 4) is 5.75 Å². The Balaban J connectivity index is 2.56. The molecule has 0 bridgehead atoms. The lowest BCUT2D eigenvalue weighted by Gasteiger charge is -2.09. The van der Waals surface area contributed by atoms with Gasteiger partial charge >= 0.3 is 11.9 Å². The molecule has 0 aliphatic rings. The van der Waals surface area contributed by atoms with E-state index in [0.717, 1.165) is 10.8 Å². The van der Waals surface area contributed by atoms with Crippen LogP contribution in [0.1, 0.15) is 17.3 Å². The highest BCUT2D eigenvalue weighted by atomic mass is 16.5. The first-order valence-electron chi connectivity index (χ1n) is 5.63. The van der Waals surface area contributed by atoms with E-state index in [2.05, 4.69) is 6.58 Å². The number of hydrogen-bond acceptors (Lipinski definition) is 3. The number of hydrogen-bond donors (Lipinski definition) is 1. The Morgan fingerprint density at radius 2 is 1.74 bits per heavy atom. The van der Waals surface area contributed by atoms with Gasteiger partial charge in [-0.2, -0.15) is 0 Å². The Bertz CT molecular complexity index is 686. The molecule has 0 aliphatic heterocycles. The third-order valence-electron chi connectivity index (χ3n) is 2.63. The van der Waals surface area contributed by atoms with Gasteiger partial charge in [0, 0.05) is 5.57 Å². The second-order valence-corrected chi connectivity index (χ2v) is 4.17. The molecule has 0 aromatic heterocycles. The number of esters is 1. The Morgan fingerprint density at radius 3 is 2.26 bits per heavy atom. The summed E-state index contributed by atoms with van der Waals surface area (Å²) >= 11 is 0. The molecule has 0 fully saturated rings. The minimum absolute atomic E-state index is 0.0270. The van der Waals surface area contributed by atoms with Crippen LogP contribution in [0.5, 0.6) is 5.75 Å². The Labute approximate surface area is 109 Å². The van der Waals surface area contributed by atoms with Crippen molar-refractivity contribution in [3.05, 3.63) is 54.1 Å². The average molecular weight is 256 g/mol. The van der Waals surface area contributed by atoms with E-state index < -0.39 is 11.9 Å². The molecule has 96 valence electrons. The fourth-order valence-electron chi connectivity index (χ4n) is 1.66. The fourth-order valence-corrected chi connectivity index (χ4v) is 1.66. The van der Waals surface area contributed by atoms with Crippen LogP contribution in [0.3, 0.4) is 0 Å². The van der Waals surface area contributed by atoms with Crippen molar-refractivity contribution in [2.45, 2.75) is 6.92 Å². The summed E-state index contributed by atoms with van der Waals surface area (Å²) in [5.74, 6) is -1.76. The van der Waals surface area contributed by atoms with Crippen LogP contribution in [0.25, 0.3) is 10.8 Å². The molecule has 0 saturated carbocycles. The van der Waals surface area contributed by atoms with Gasteiger partial charge in [0.1, 0.15) is 11.3 Å². The molecule has 2 aromatic carbocycles. The molecule has 0 radical (unpaired) electrons. The van der Waals surface area contributed by atoms with Crippen molar-refractivity contribution >= 4 is 22.7 Å². The van der Waals surface area contributed by atoms with Crippen LogP contribution in [-0.4, -0.2) is 17.0 Å². The zero-order chi connectivity index (χ0) is 14.0. The van der Waals surface area contributed by atoms with Gasteiger partial charge in [0.15, 0.2) is 0 Å². The molecule has 2 aromatic rings. The van der Waals surface area contributed by atoms with Gasteiger partial charge in [-0.25, -0.2) is 9.59 Å². The van der Waals surface area contributed by atoms with Gasteiger partial charge in [0.2, 0.25) is 0 Å². The standard InChI is InChI=1S/C15H12O4/c1-9(2)15(18)19-13-8-11-6-4-3-5-10(11)7-12(13)14(16)17/h3-8H,1H2,2H3,(H,16,17). The number of fused-ring (bicyclic) bond motifs is 1. The van der Waals surface area contributed by atoms with E-state index in [1.165, 1.54) is 13.0 Å². The molecule has 0 aliphatic carbocycles. The number of carboxylic acids is 1. The Morgan fingerprint density at radius 1 is 1.16 bits per heavy atom. The highest BCUT2D eigenvalue weighted by molar-refractivity contribution is 5.99. The molecule has 0 unspecified atom stereocenters. The molecule has 0 heterocycles. The first-order valence-corrected chi connectivity index (χ1v) is 5.63. The van der Waals surface area contributed by atoms with Crippen LogP contribution < -0.4 is 4.74 Å². The normalized spacial score (nSPS) is 10.2. The highest BCUT2D eigenvalue weighted by Crippen LogP contribution is 2.26. The number of aromatic carboxylic acids is 1. The maximum atomic E-state index is 11.5. The van der Waals surface area contributed by atoms with E-state index >= 15 is 0 Å². The van der Waals surface area contributed by atoms with E-state index in [1.54, 1.807) is 12.1 Å². The summed E-state index contributed by atoms with van der Waals surface area (Å²) in [6, 6.07) is 10.3. The van der Waals surface area contributed by atoms with E-state index in [1.807, 2.05) is 18.2 Å². The summed E-state index contributed by atoms with van der Waals surface area (Å²) in [6.45, 7) is 4.97. The van der Waals surface area contributed by atoms with Gasteiger partial charge in [-0.1, -0.05) is 30.8 Å². The summed E-state index contributed by atoms with van der Waals surface area (Å²) in [6.07, 6.45) is 0. The molecule has 0 spiro atoms. The number of rotatable bonds is 3. The third kappa shape index (κ3) is 2.63. The predicted molar refractivity (Wildman–Crippen MR) is 71.4 cm³/mol. The monoisotopic (exact) mass is 256 g/mol. The third-order valence-corrected chi connectivity index (χ3v) is 2.63. The second-order valence-electron chi connectivity index (χ2n) is 4.17. The van der Waals surface area contributed by atoms with Crippen LogP contribution in [0.4, 0.5) is 0 Å². The van der Waals surface area contributed by atoms with Crippen molar-refractivity contribution in [2.24, 2.45) is 0 Å². The summed E-state index contributed by atoms with van der Waals surface area (Å²) in [5.41, 5.74) is 0.165. The number of ether oxygens (including phenoxy) is 1. The van der Waals surface area contributed by atoms with Crippen molar-refractivity contribution in [1.29, 1.82) is 0 Å². The van der Waals surface area contributed by atoms with E-state index in [-0.39, 0.29) is 16.9 Å². The molecule has 0 amide bonds. The summed E-state index contributed by atoms with van der Waals surface area (Å²) in [4.78, 5) is 22.7. The summed E-state index contributed by atoms with van der Waals surface area (Å²) in [7, 11) is 0. The van der Waals surface area contributed by atoms with E-state index in [9.17, 15) is 9.59 Å². The molecule has 4 nitrogen and oxygen atoms in total. The Kier molecular flexibility index (Phi) is 3.33. The first-order chi connectivity index (χ1) is 8.99. The average Bonchev–Trinajstić information content (AvgIpc) is 2.37. The molecule has 0 saturated heterocycles. The maximum Gasteiger partial charge on any atom is 0.339 e. The minimum Gasteiger partial charge on any atom is -0.478 e. The topological polar surface area (TPSA) is 63.6 Å². The first kappa shape index (κ1) is 12.8. The van der Waals surface area contributed by atoms with Gasteiger partial charge < -0.3 is 9.84 Å². The molecular weight excluding hydrogens is 244 g/mol. The summed E-state index contributed by atoms with van der Waals surface area (Å²) < 4.78 is 5.06. The van der Waals surface area contributed by atoms with E-state index in [4.69, 9.17) is 9.84 Å². The van der Waals surface area contributed by atoms with Crippen LogP contribution in [-0.2, 0) is 4.79 Å². The lowest BCUT2D eigenvalue weighted by Crippen LogP contribution is -2.11. The van der Waals surface area contributed by atoms with Crippen LogP contribution >= 0.6 is 0 Å². The zero-order valence-corrected chi connectivity index (χ0v) is 10.3. The number of carbonyl (C=O) groups excluding carboxylic acids is 1. The van der Waals surface area contributed by atoms with Crippen LogP contribution in [0.15, 0.2) is 48.6 Å². The molecule has 0 atom stereocenters. The van der Waals surface area contributed by atoms with Crippen molar-refractivity contribution in [3.63, 3.8) is 0 Å². The van der Waals surface area contributed by atoms with E-state index in [0.29, 0.717) is 0 Å². The Hall–Kier alpha value is -2.62. The molecular formula is C15H12O4. The van der Waals surface area contributed by atoms with Gasteiger partial charge in [-0.3, -0.25) is 0 Å². The van der Waals surface area contributed by atoms with Crippen molar-refractivity contribution < 1.29 is 19.4 Å². The number of benzene rings is 2. The van der Waals surface area contributed by atoms with Crippen molar-refractivity contribution in [1.82, 2.24) is 0 Å². The molecule has 4 heteroatoms. The molecule has 19 heavy (non-hydrogen) atoms. The van der Waals surface area contributed by atoms with Gasteiger partial charge in [-0.05, 0) is 29.8 Å². The predicted octanol–water partition coefficient (Wildman–Crippen LogP) is 3.02. The molecule has 2 rings (SSSR count). The number of carboxylic acid groups (broad SMARTS) is 1. The molecule has 1 N–H and O–H groups in total. The minimum atomic E-state index is -1.14. The SMILES string of the molecule is C=C(C)C(=O)Oc1cc2ccccc2cc1C(=O)O. The number of carbonyl (C=O) groups is 2. The lowest BCUT2D eigenvalue weighted by atomic mass is 10.1. The fraction of sp³-hybridized carbons (Fsp3) is 0.0667. The zero-order valence-electron chi connectivity index (χ0n) is 10.3. The van der Waals surface area contributed by atoms with Gasteiger partial charge in [0.25, 0.3) is 0 Å². The van der Waals surface area contributed by atoms with Gasteiger partial charge in [0.05, 0.1) is 0 Å². The van der Waals surface area contributed by atoms with Gasteiger partial charge in [-0.15, -0.1) is 0 Å². The lowest BCUT2D eigenvalue weighted by molar-refractivity contribution is -0.130. The van der Waals surface area contributed by atoms with Crippen LogP contribution in [0, 0.1) is 0 Å². The van der Waals surface area contributed by atoms with Crippen LogP contribution in [0.2, 0.25) is 0 Å². The quantitative estimate of drug-likeness (QED) is 0.521. The maximum absolute atomic E-state index is 11.5.